The SMILES string of the molecule is CC(C)[C@H](N)C(=O)NCC(=O)N(C)C(C)c1ccccc1Cl.Cl. The molecular weight excluding hydrogens is 337 g/mol. The van der Waals surface area contributed by atoms with Crippen LogP contribution < -0.4 is 11.1 Å². The number of hydrogen-bond donors (Lipinski definition) is 2. The van der Waals surface area contributed by atoms with Crippen LogP contribution in [0, 0.1) is 5.92 Å². The summed E-state index contributed by atoms with van der Waals surface area (Å²) in [4.78, 5) is 25.5. The van der Waals surface area contributed by atoms with E-state index in [1.807, 2.05) is 39.0 Å². The molecule has 1 unspecified atom stereocenters. The normalized spacial score (nSPS) is 13.0. The van der Waals surface area contributed by atoms with Gasteiger partial charge in [0.25, 0.3) is 0 Å². The van der Waals surface area contributed by atoms with E-state index in [9.17, 15) is 9.59 Å². The lowest BCUT2D eigenvalue weighted by Crippen LogP contribution is -2.47. The summed E-state index contributed by atoms with van der Waals surface area (Å²) in [6.07, 6.45) is 0. The van der Waals surface area contributed by atoms with Crippen LogP contribution in [0.15, 0.2) is 24.3 Å². The summed E-state index contributed by atoms with van der Waals surface area (Å²) in [5.41, 5.74) is 6.60. The Morgan fingerprint density at radius 3 is 2.35 bits per heavy atom. The molecule has 0 aliphatic heterocycles. The van der Waals surface area contributed by atoms with E-state index in [1.54, 1.807) is 18.0 Å². The fraction of sp³-hybridized carbons (Fsp3) is 0.500. The maximum Gasteiger partial charge on any atom is 0.242 e. The summed E-state index contributed by atoms with van der Waals surface area (Å²) in [5, 5.41) is 3.19. The second kappa shape index (κ2) is 9.75. The molecule has 0 spiro atoms. The molecule has 0 fully saturated rings. The van der Waals surface area contributed by atoms with Gasteiger partial charge in [-0.1, -0.05) is 43.6 Å². The third-order valence-electron chi connectivity index (χ3n) is 3.76. The number of rotatable bonds is 6. The highest BCUT2D eigenvalue weighted by atomic mass is 35.5. The molecule has 5 nitrogen and oxygen atoms in total. The largest absolute Gasteiger partial charge is 0.346 e. The average molecular weight is 362 g/mol. The van der Waals surface area contributed by atoms with Crippen molar-refractivity contribution >= 4 is 35.8 Å². The second-order valence-electron chi connectivity index (χ2n) is 5.69. The van der Waals surface area contributed by atoms with Gasteiger partial charge in [0.2, 0.25) is 11.8 Å². The number of carbonyl (C=O) groups excluding carboxylic acids is 2. The van der Waals surface area contributed by atoms with Crippen LogP contribution in [0.25, 0.3) is 0 Å². The first-order chi connectivity index (χ1) is 10.3. The van der Waals surface area contributed by atoms with Crippen molar-refractivity contribution in [3.8, 4) is 0 Å². The van der Waals surface area contributed by atoms with Gasteiger partial charge in [-0.05, 0) is 24.5 Å². The molecule has 0 aliphatic carbocycles. The quantitative estimate of drug-likeness (QED) is 0.816. The maximum absolute atomic E-state index is 12.2. The van der Waals surface area contributed by atoms with Crippen LogP contribution in [0.2, 0.25) is 5.02 Å². The predicted octanol–water partition coefficient (Wildman–Crippen LogP) is 2.38. The van der Waals surface area contributed by atoms with Crippen LogP contribution >= 0.6 is 24.0 Å². The molecule has 0 saturated carbocycles. The van der Waals surface area contributed by atoms with Gasteiger partial charge in [-0.15, -0.1) is 12.4 Å². The third kappa shape index (κ3) is 6.01. The van der Waals surface area contributed by atoms with Crippen LogP contribution in [-0.4, -0.2) is 36.3 Å². The van der Waals surface area contributed by atoms with Crippen molar-refractivity contribution in [1.29, 1.82) is 0 Å². The molecule has 0 bridgehead atoms. The molecule has 0 aromatic heterocycles. The number of hydrogen-bond acceptors (Lipinski definition) is 3. The summed E-state index contributed by atoms with van der Waals surface area (Å²) in [7, 11) is 1.69. The number of carbonyl (C=O) groups is 2. The van der Waals surface area contributed by atoms with Gasteiger partial charge in [0, 0.05) is 12.1 Å². The van der Waals surface area contributed by atoms with E-state index >= 15 is 0 Å². The van der Waals surface area contributed by atoms with E-state index in [-0.39, 0.29) is 42.7 Å². The van der Waals surface area contributed by atoms with Crippen LogP contribution in [0.1, 0.15) is 32.4 Å². The molecule has 7 heteroatoms. The molecule has 2 amide bonds. The standard InChI is InChI=1S/C16H24ClN3O2.ClH/c1-10(2)15(18)16(22)19-9-14(21)20(4)11(3)12-7-5-6-8-13(12)17;/h5-8,10-11,15H,9,18H2,1-4H3,(H,19,22);1H/t11?,15-;/m0./s1. The fourth-order valence-electron chi connectivity index (χ4n) is 1.95. The Morgan fingerprint density at radius 1 is 1.26 bits per heavy atom. The van der Waals surface area contributed by atoms with E-state index in [1.165, 1.54) is 0 Å². The first-order valence-electron chi connectivity index (χ1n) is 7.29. The maximum atomic E-state index is 12.2. The molecule has 23 heavy (non-hydrogen) atoms. The van der Waals surface area contributed by atoms with Crippen molar-refractivity contribution in [1.82, 2.24) is 10.2 Å². The molecular formula is C16H25Cl2N3O2. The fourth-order valence-corrected chi connectivity index (χ4v) is 2.24. The number of nitrogens with one attached hydrogen (secondary N) is 1. The molecule has 3 N–H and O–H groups in total. The van der Waals surface area contributed by atoms with E-state index in [0.717, 1.165) is 5.56 Å². The summed E-state index contributed by atoms with van der Waals surface area (Å²) in [5.74, 6) is -0.492. The highest BCUT2D eigenvalue weighted by molar-refractivity contribution is 6.31. The first kappa shape index (κ1) is 21.7. The Labute approximate surface area is 149 Å². The Hall–Kier alpha value is -1.30. The minimum atomic E-state index is -0.612. The number of nitrogens with zero attached hydrogens (tertiary/aromatic N) is 1. The van der Waals surface area contributed by atoms with Gasteiger partial charge in [-0.2, -0.15) is 0 Å². The Balaban J connectivity index is 0.00000484. The molecule has 1 aromatic carbocycles. The zero-order valence-corrected chi connectivity index (χ0v) is 15.4. The Kier molecular flexibility index (Phi) is 9.20. The molecule has 0 saturated heterocycles. The van der Waals surface area contributed by atoms with Crippen molar-refractivity contribution in [3.05, 3.63) is 34.9 Å². The van der Waals surface area contributed by atoms with Gasteiger partial charge in [0.15, 0.2) is 0 Å². The lowest BCUT2D eigenvalue weighted by atomic mass is 10.1. The Morgan fingerprint density at radius 2 is 1.83 bits per heavy atom. The van der Waals surface area contributed by atoms with Crippen LogP contribution in [-0.2, 0) is 9.59 Å². The lowest BCUT2D eigenvalue weighted by Gasteiger charge is -2.26. The minimum absolute atomic E-state index is 0. The Bertz CT molecular complexity index is 538. The highest BCUT2D eigenvalue weighted by Gasteiger charge is 2.22. The van der Waals surface area contributed by atoms with Crippen molar-refractivity contribution in [2.75, 3.05) is 13.6 Å². The van der Waals surface area contributed by atoms with Gasteiger partial charge >= 0.3 is 0 Å². The van der Waals surface area contributed by atoms with Crippen LogP contribution in [0.5, 0.6) is 0 Å². The van der Waals surface area contributed by atoms with E-state index < -0.39 is 6.04 Å². The lowest BCUT2D eigenvalue weighted by molar-refractivity contribution is -0.133. The van der Waals surface area contributed by atoms with Crippen molar-refractivity contribution < 1.29 is 9.59 Å². The van der Waals surface area contributed by atoms with E-state index in [4.69, 9.17) is 17.3 Å². The van der Waals surface area contributed by atoms with Gasteiger partial charge < -0.3 is 16.0 Å². The van der Waals surface area contributed by atoms with Crippen molar-refractivity contribution in [2.45, 2.75) is 32.9 Å². The van der Waals surface area contributed by atoms with Crippen LogP contribution in [0.4, 0.5) is 0 Å². The molecule has 0 aliphatic rings. The molecule has 130 valence electrons. The molecule has 1 aromatic rings. The summed E-state index contributed by atoms with van der Waals surface area (Å²) >= 11 is 6.15. The number of benzene rings is 1. The monoisotopic (exact) mass is 361 g/mol. The van der Waals surface area contributed by atoms with Crippen molar-refractivity contribution in [3.63, 3.8) is 0 Å². The zero-order valence-electron chi connectivity index (χ0n) is 13.9. The first-order valence-corrected chi connectivity index (χ1v) is 7.66. The molecule has 0 radical (unpaired) electrons. The van der Waals surface area contributed by atoms with Crippen LogP contribution in [0.3, 0.4) is 0 Å². The zero-order chi connectivity index (χ0) is 16.9. The molecule has 0 heterocycles. The van der Waals surface area contributed by atoms with Gasteiger partial charge in [-0.25, -0.2) is 0 Å². The summed E-state index contributed by atoms with van der Waals surface area (Å²) in [6.45, 7) is 5.53. The minimum Gasteiger partial charge on any atom is -0.346 e. The van der Waals surface area contributed by atoms with Gasteiger partial charge in [0.1, 0.15) is 0 Å². The predicted molar refractivity (Wildman–Crippen MR) is 95.7 cm³/mol. The highest BCUT2D eigenvalue weighted by Crippen LogP contribution is 2.26. The van der Waals surface area contributed by atoms with Crippen molar-refractivity contribution in [2.24, 2.45) is 11.7 Å². The molecule has 1 rings (SSSR count). The number of halogens is 2. The van der Waals surface area contributed by atoms with Gasteiger partial charge in [-0.3, -0.25) is 9.59 Å². The second-order valence-corrected chi connectivity index (χ2v) is 6.10. The number of nitrogens with two attached hydrogens (primary N) is 1. The topological polar surface area (TPSA) is 75.4 Å². The van der Waals surface area contributed by atoms with Gasteiger partial charge in [0.05, 0.1) is 18.6 Å². The summed E-state index contributed by atoms with van der Waals surface area (Å²) in [6, 6.07) is 6.59. The number of amides is 2. The number of likely N-dealkylation sites (N-methyl/N-ethyl adjacent to an activating group) is 1. The van der Waals surface area contributed by atoms with E-state index in [0.29, 0.717) is 5.02 Å². The average Bonchev–Trinajstić information content (AvgIpc) is 2.50. The summed E-state index contributed by atoms with van der Waals surface area (Å²) < 4.78 is 0. The third-order valence-corrected chi connectivity index (χ3v) is 4.11. The molecule has 2 atom stereocenters. The smallest absolute Gasteiger partial charge is 0.242 e. The van der Waals surface area contributed by atoms with E-state index in [2.05, 4.69) is 5.32 Å².